The Bertz CT molecular complexity index is 397. The first kappa shape index (κ1) is 11.6. The Labute approximate surface area is 101 Å². The van der Waals surface area contributed by atoms with Crippen LogP contribution in [-0.4, -0.2) is 17.9 Å². The van der Waals surface area contributed by atoms with Gasteiger partial charge in [0.15, 0.2) is 5.78 Å². The van der Waals surface area contributed by atoms with E-state index in [0.29, 0.717) is 11.4 Å². The van der Waals surface area contributed by atoms with Gasteiger partial charge in [-0.2, -0.15) is 0 Å². The Balaban J connectivity index is 2.07. The average Bonchev–Trinajstić information content (AvgIpc) is 2.66. The maximum Gasteiger partial charge on any atom is 0.156 e. The van der Waals surface area contributed by atoms with Crippen molar-refractivity contribution >= 4 is 17.4 Å². The zero-order chi connectivity index (χ0) is 11.6. The molecule has 1 saturated heterocycles. The number of carbonyl (C=O) groups is 1. The predicted octanol–water partition coefficient (Wildman–Crippen LogP) is 2.59. The number of rotatable bonds is 3. The van der Waals surface area contributed by atoms with Crippen molar-refractivity contribution in [2.24, 2.45) is 0 Å². The summed E-state index contributed by atoms with van der Waals surface area (Å²) in [5.41, 5.74) is 0.662. The van der Waals surface area contributed by atoms with Gasteiger partial charge in [-0.15, -0.1) is 0 Å². The van der Waals surface area contributed by atoms with Gasteiger partial charge in [0.2, 0.25) is 0 Å². The van der Waals surface area contributed by atoms with E-state index in [2.05, 4.69) is 5.32 Å². The van der Waals surface area contributed by atoms with Gasteiger partial charge in [-0.3, -0.25) is 4.79 Å². The summed E-state index contributed by atoms with van der Waals surface area (Å²) in [4.78, 5) is 12.1. The summed E-state index contributed by atoms with van der Waals surface area (Å²) in [6.07, 6.45) is 2.48. The van der Waals surface area contributed by atoms with Crippen LogP contribution in [-0.2, 0) is 11.2 Å². The molecule has 1 aliphatic rings. The molecule has 0 saturated carbocycles. The topological polar surface area (TPSA) is 29.1 Å². The molecule has 1 atom stereocenters. The van der Waals surface area contributed by atoms with Gasteiger partial charge in [-0.25, -0.2) is 0 Å². The van der Waals surface area contributed by atoms with E-state index in [-0.39, 0.29) is 11.3 Å². The summed E-state index contributed by atoms with van der Waals surface area (Å²) in [5, 5.41) is 3.97. The zero-order valence-corrected chi connectivity index (χ0v) is 10.2. The molecular formula is C13H16ClNO. The second kappa shape index (κ2) is 4.56. The van der Waals surface area contributed by atoms with Crippen molar-refractivity contribution in [3.8, 4) is 0 Å². The van der Waals surface area contributed by atoms with Crippen molar-refractivity contribution < 1.29 is 4.79 Å². The van der Waals surface area contributed by atoms with Crippen LogP contribution in [0.25, 0.3) is 0 Å². The van der Waals surface area contributed by atoms with Crippen molar-refractivity contribution in [3.05, 3.63) is 34.9 Å². The summed E-state index contributed by atoms with van der Waals surface area (Å²) in [6.45, 7) is 2.94. The number of carbonyl (C=O) groups excluding carboxylic acids is 1. The Hall–Kier alpha value is -0.860. The zero-order valence-electron chi connectivity index (χ0n) is 9.42. The molecule has 1 unspecified atom stereocenters. The van der Waals surface area contributed by atoms with Gasteiger partial charge in [-0.05, 0) is 44.0 Å². The van der Waals surface area contributed by atoms with Crippen LogP contribution in [0.15, 0.2) is 24.3 Å². The van der Waals surface area contributed by atoms with Crippen molar-refractivity contribution in [2.75, 3.05) is 6.54 Å². The van der Waals surface area contributed by atoms with Crippen LogP contribution in [0.3, 0.4) is 0 Å². The van der Waals surface area contributed by atoms with Crippen LogP contribution in [0, 0.1) is 0 Å². The number of benzene rings is 1. The molecule has 0 aromatic heterocycles. The van der Waals surface area contributed by atoms with Gasteiger partial charge in [0.05, 0.1) is 5.54 Å². The van der Waals surface area contributed by atoms with E-state index in [4.69, 9.17) is 11.6 Å². The van der Waals surface area contributed by atoms with E-state index in [0.717, 1.165) is 24.9 Å². The number of hydrogen-bond donors (Lipinski definition) is 1. The average molecular weight is 238 g/mol. The molecule has 1 aromatic carbocycles. The fourth-order valence-corrected chi connectivity index (χ4v) is 2.37. The molecule has 3 heteroatoms. The Morgan fingerprint density at radius 1 is 1.56 bits per heavy atom. The molecule has 1 aliphatic heterocycles. The molecule has 0 radical (unpaired) electrons. The number of hydrogen-bond acceptors (Lipinski definition) is 2. The molecule has 0 spiro atoms. The molecule has 0 aliphatic carbocycles. The molecule has 16 heavy (non-hydrogen) atoms. The van der Waals surface area contributed by atoms with E-state index in [9.17, 15) is 4.79 Å². The summed E-state index contributed by atoms with van der Waals surface area (Å²) in [5.74, 6) is 0.257. The van der Waals surface area contributed by atoms with Gasteiger partial charge in [0, 0.05) is 11.4 Å². The normalized spacial score (nSPS) is 24.6. The SMILES string of the molecule is CC1(C(=O)Cc2cccc(Cl)c2)CCCN1. The van der Waals surface area contributed by atoms with E-state index < -0.39 is 0 Å². The van der Waals surface area contributed by atoms with E-state index in [1.165, 1.54) is 0 Å². The fourth-order valence-electron chi connectivity index (χ4n) is 2.16. The van der Waals surface area contributed by atoms with Crippen LogP contribution in [0.5, 0.6) is 0 Å². The van der Waals surface area contributed by atoms with Crippen molar-refractivity contribution in [1.82, 2.24) is 5.32 Å². The third-order valence-corrected chi connectivity index (χ3v) is 3.47. The molecule has 1 fully saturated rings. The highest BCUT2D eigenvalue weighted by atomic mass is 35.5. The molecule has 86 valence electrons. The van der Waals surface area contributed by atoms with Crippen molar-refractivity contribution in [2.45, 2.75) is 31.7 Å². The molecular weight excluding hydrogens is 222 g/mol. The maximum absolute atomic E-state index is 12.1. The third-order valence-electron chi connectivity index (χ3n) is 3.24. The first-order valence-corrected chi connectivity index (χ1v) is 6.01. The van der Waals surface area contributed by atoms with E-state index in [1.807, 2.05) is 31.2 Å². The smallest absolute Gasteiger partial charge is 0.156 e. The van der Waals surface area contributed by atoms with Gasteiger partial charge < -0.3 is 5.32 Å². The Kier molecular flexibility index (Phi) is 3.31. The lowest BCUT2D eigenvalue weighted by Gasteiger charge is -2.22. The predicted molar refractivity (Wildman–Crippen MR) is 65.8 cm³/mol. The summed E-state index contributed by atoms with van der Waals surface area (Å²) in [6, 6.07) is 7.51. The largest absolute Gasteiger partial charge is 0.305 e. The third kappa shape index (κ3) is 2.45. The van der Waals surface area contributed by atoms with Crippen molar-refractivity contribution in [3.63, 3.8) is 0 Å². The van der Waals surface area contributed by atoms with Gasteiger partial charge in [0.1, 0.15) is 0 Å². The lowest BCUT2D eigenvalue weighted by atomic mass is 9.90. The minimum atomic E-state index is -0.331. The first-order valence-electron chi connectivity index (χ1n) is 5.63. The Morgan fingerprint density at radius 3 is 3.00 bits per heavy atom. The standard InChI is InChI=1S/C13H16ClNO/c1-13(6-3-7-15-13)12(16)9-10-4-2-5-11(14)8-10/h2,4-5,8,15H,3,6-7,9H2,1H3. The van der Waals surface area contributed by atoms with Crippen LogP contribution >= 0.6 is 11.6 Å². The lowest BCUT2D eigenvalue weighted by Crippen LogP contribution is -2.45. The summed E-state index contributed by atoms with van der Waals surface area (Å²) in [7, 11) is 0. The van der Waals surface area contributed by atoms with E-state index >= 15 is 0 Å². The van der Waals surface area contributed by atoms with Crippen LogP contribution < -0.4 is 5.32 Å². The van der Waals surface area contributed by atoms with Crippen LogP contribution in [0.2, 0.25) is 5.02 Å². The minimum Gasteiger partial charge on any atom is -0.305 e. The van der Waals surface area contributed by atoms with Gasteiger partial charge in [-0.1, -0.05) is 23.7 Å². The molecule has 2 nitrogen and oxygen atoms in total. The highest BCUT2D eigenvalue weighted by Gasteiger charge is 2.35. The fraction of sp³-hybridized carbons (Fsp3) is 0.462. The maximum atomic E-state index is 12.1. The van der Waals surface area contributed by atoms with Gasteiger partial charge in [0.25, 0.3) is 0 Å². The molecule has 0 bridgehead atoms. The number of halogens is 1. The van der Waals surface area contributed by atoms with E-state index in [1.54, 1.807) is 0 Å². The van der Waals surface area contributed by atoms with Crippen LogP contribution in [0.1, 0.15) is 25.3 Å². The molecule has 0 amide bonds. The number of nitrogens with one attached hydrogen (secondary N) is 1. The molecule has 1 N–H and O–H groups in total. The quantitative estimate of drug-likeness (QED) is 0.876. The highest BCUT2D eigenvalue weighted by molar-refractivity contribution is 6.30. The second-order valence-corrected chi connectivity index (χ2v) is 5.03. The number of ketones is 1. The minimum absolute atomic E-state index is 0.257. The van der Waals surface area contributed by atoms with Gasteiger partial charge >= 0.3 is 0 Å². The molecule has 2 rings (SSSR count). The van der Waals surface area contributed by atoms with Crippen LogP contribution in [0.4, 0.5) is 0 Å². The van der Waals surface area contributed by atoms with Crippen molar-refractivity contribution in [1.29, 1.82) is 0 Å². The Morgan fingerprint density at radius 2 is 2.38 bits per heavy atom. The second-order valence-electron chi connectivity index (χ2n) is 4.59. The number of Topliss-reactive ketones (excluding diaryl/α,β-unsaturated/α-hetero) is 1. The lowest BCUT2D eigenvalue weighted by molar-refractivity contribution is -0.123. The first-order chi connectivity index (χ1) is 7.60. The monoisotopic (exact) mass is 237 g/mol. The summed E-state index contributed by atoms with van der Waals surface area (Å²) < 4.78 is 0. The summed E-state index contributed by atoms with van der Waals surface area (Å²) >= 11 is 5.90. The molecule has 1 heterocycles. The molecule has 1 aromatic rings. The highest BCUT2D eigenvalue weighted by Crippen LogP contribution is 2.22.